The zero-order valence-corrected chi connectivity index (χ0v) is 8.91. The molecule has 6 heteroatoms. The molecule has 0 aromatic carbocycles. The van der Waals surface area contributed by atoms with Gasteiger partial charge in [-0.05, 0) is 27.7 Å². The topological polar surface area (TPSA) is 17.8 Å². The van der Waals surface area contributed by atoms with Gasteiger partial charge in [0.05, 0.1) is 11.2 Å². The van der Waals surface area contributed by atoms with Gasteiger partial charge in [0.2, 0.25) is 5.95 Å². The highest BCUT2D eigenvalue weighted by molar-refractivity contribution is 5.22. The van der Waals surface area contributed by atoms with E-state index in [1.807, 2.05) is 0 Å². The van der Waals surface area contributed by atoms with Crippen molar-refractivity contribution in [1.82, 2.24) is 9.78 Å². The Balaban J connectivity index is 3.41. The predicted molar refractivity (Wildman–Crippen MR) is 46.9 cm³/mol. The lowest BCUT2D eigenvalue weighted by Gasteiger charge is -2.21. The monoisotopic (exact) mass is 224 g/mol. The molecule has 2 nitrogen and oxygen atoms in total. The second-order valence-corrected chi connectivity index (χ2v) is 4.33. The summed E-state index contributed by atoms with van der Waals surface area (Å²) in [4.78, 5) is 0. The third-order valence-corrected chi connectivity index (χ3v) is 1.99. The van der Waals surface area contributed by atoms with Crippen molar-refractivity contribution >= 4 is 0 Å². The van der Waals surface area contributed by atoms with Crippen LogP contribution < -0.4 is 0 Å². The Hall–Kier alpha value is -1.07. The summed E-state index contributed by atoms with van der Waals surface area (Å²) in [5.74, 6) is -1.46. The molecule has 0 aliphatic rings. The van der Waals surface area contributed by atoms with Crippen LogP contribution in [0.2, 0.25) is 0 Å². The van der Waals surface area contributed by atoms with E-state index in [2.05, 4.69) is 5.10 Å². The van der Waals surface area contributed by atoms with Crippen molar-refractivity contribution in [3.8, 4) is 0 Å². The molecule has 1 heterocycles. The zero-order valence-electron chi connectivity index (χ0n) is 8.91. The quantitative estimate of drug-likeness (QED) is 0.619. The van der Waals surface area contributed by atoms with Crippen molar-refractivity contribution in [1.29, 1.82) is 0 Å². The molecule has 0 saturated carbocycles. The molecular weight excluding hydrogens is 212 g/mol. The van der Waals surface area contributed by atoms with E-state index in [9.17, 15) is 17.6 Å². The lowest BCUT2D eigenvalue weighted by atomic mass is 10.1. The van der Waals surface area contributed by atoms with E-state index in [4.69, 9.17) is 0 Å². The maximum absolute atomic E-state index is 13.0. The standard InChI is InChI=1S/C9H12F4N2/c1-5-6(9(11,12)13)7(10)14-15(5)8(2,3)4/h1-4H3. The fraction of sp³-hybridized carbons (Fsp3) is 0.667. The van der Waals surface area contributed by atoms with Gasteiger partial charge >= 0.3 is 6.18 Å². The van der Waals surface area contributed by atoms with Gasteiger partial charge in [-0.15, -0.1) is 5.10 Å². The number of nitrogens with zero attached hydrogens (tertiary/aromatic N) is 2. The van der Waals surface area contributed by atoms with Crippen LogP contribution >= 0.6 is 0 Å². The molecule has 0 spiro atoms. The van der Waals surface area contributed by atoms with Gasteiger partial charge in [-0.3, -0.25) is 4.68 Å². The maximum atomic E-state index is 13.0. The summed E-state index contributed by atoms with van der Waals surface area (Å²) in [5, 5.41) is 3.28. The van der Waals surface area contributed by atoms with Gasteiger partial charge in [0.1, 0.15) is 5.56 Å². The van der Waals surface area contributed by atoms with Crippen molar-refractivity contribution in [3.63, 3.8) is 0 Å². The van der Waals surface area contributed by atoms with Gasteiger partial charge in [0.25, 0.3) is 0 Å². The predicted octanol–water partition coefficient (Wildman–Crippen LogP) is 3.10. The van der Waals surface area contributed by atoms with Crippen LogP contribution in [-0.2, 0) is 11.7 Å². The van der Waals surface area contributed by atoms with Gasteiger partial charge in [0.15, 0.2) is 0 Å². The van der Waals surface area contributed by atoms with Crippen molar-refractivity contribution < 1.29 is 17.6 Å². The third-order valence-electron chi connectivity index (χ3n) is 1.99. The number of rotatable bonds is 0. The highest BCUT2D eigenvalue weighted by Crippen LogP contribution is 2.35. The lowest BCUT2D eigenvalue weighted by molar-refractivity contribution is -0.140. The largest absolute Gasteiger partial charge is 0.422 e. The first-order valence-corrected chi connectivity index (χ1v) is 4.38. The molecule has 0 unspecified atom stereocenters. The molecule has 0 saturated heterocycles. The smallest absolute Gasteiger partial charge is 0.261 e. The second-order valence-electron chi connectivity index (χ2n) is 4.33. The van der Waals surface area contributed by atoms with Crippen LogP contribution in [0.3, 0.4) is 0 Å². The first-order chi connectivity index (χ1) is 6.55. The molecule has 0 aliphatic carbocycles. The Morgan fingerprint density at radius 2 is 1.60 bits per heavy atom. The summed E-state index contributed by atoms with van der Waals surface area (Å²) >= 11 is 0. The van der Waals surface area contributed by atoms with E-state index in [-0.39, 0.29) is 5.69 Å². The fourth-order valence-electron chi connectivity index (χ4n) is 1.44. The Bertz CT molecular complexity index is 371. The van der Waals surface area contributed by atoms with Gasteiger partial charge in [0, 0.05) is 0 Å². The molecule has 1 aromatic heterocycles. The Morgan fingerprint density at radius 3 is 1.80 bits per heavy atom. The second kappa shape index (κ2) is 3.21. The van der Waals surface area contributed by atoms with Crippen LogP contribution in [0, 0.1) is 12.9 Å². The summed E-state index contributed by atoms with van der Waals surface area (Å²) < 4.78 is 51.3. The molecule has 0 bridgehead atoms. The fourth-order valence-corrected chi connectivity index (χ4v) is 1.44. The zero-order chi connectivity index (χ0) is 12.0. The van der Waals surface area contributed by atoms with Crippen LogP contribution in [0.1, 0.15) is 32.0 Å². The summed E-state index contributed by atoms with van der Waals surface area (Å²) in [6, 6.07) is 0. The average Bonchev–Trinajstić information content (AvgIpc) is 2.22. The number of alkyl halides is 3. The SMILES string of the molecule is Cc1c(C(F)(F)F)c(F)nn1C(C)(C)C. The highest BCUT2D eigenvalue weighted by atomic mass is 19.4. The molecule has 0 atom stereocenters. The summed E-state index contributed by atoms with van der Waals surface area (Å²) in [6.07, 6.45) is -4.70. The van der Waals surface area contributed by atoms with E-state index >= 15 is 0 Å². The van der Waals surface area contributed by atoms with Gasteiger partial charge < -0.3 is 0 Å². The minimum atomic E-state index is -4.70. The number of halogens is 4. The Kier molecular flexibility index (Phi) is 2.57. The molecule has 86 valence electrons. The van der Waals surface area contributed by atoms with Crippen LogP contribution in [0.5, 0.6) is 0 Å². The molecule has 0 amide bonds. The Morgan fingerprint density at radius 1 is 1.13 bits per heavy atom. The van der Waals surface area contributed by atoms with Crippen molar-refractivity contribution in [2.45, 2.75) is 39.4 Å². The van der Waals surface area contributed by atoms with Crippen LogP contribution in [0.15, 0.2) is 0 Å². The molecule has 0 fully saturated rings. The van der Waals surface area contributed by atoms with E-state index in [1.54, 1.807) is 20.8 Å². The summed E-state index contributed by atoms with van der Waals surface area (Å²) in [7, 11) is 0. The number of hydrogen-bond acceptors (Lipinski definition) is 1. The lowest BCUT2D eigenvalue weighted by Crippen LogP contribution is -2.25. The van der Waals surface area contributed by atoms with Crippen molar-refractivity contribution in [2.75, 3.05) is 0 Å². The van der Waals surface area contributed by atoms with E-state index in [1.165, 1.54) is 6.92 Å². The summed E-state index contributed by atoms with van der Waals surface area (Å²) in [5.41, 5.74) is -2.15. The normalized spacial score (nSPS) is 13.3. The third kappa shape index (κ3) is 2.13. The highest BCUT2D eigenvalue weighted by Gasteiger charge is 2.40. The Labute approximate surface area is 84.9 Å². The van der Waals surface area contributed by atoms with Gasteiger partial charge in [-0.2, -0.15) is 17.6 Å². The molecule has 0 radical (unpaired) electrons. The first kappa shape index (κ1) is 12.0. The van der Waals surface area contributed by atoms with Crippen LogP contribution in [-0.4, -0.2) is 9.78 Å². The van der Waals surface area contributed by atoms with E-state index in [0.29, 0.717) is 0 Å². The van der Waals surface area contributed by atoms with Crippen molar-refractivity contribution in [3.05, 3.63) is 17.2 Å². The number of aromatic nitrogens is 2. The van der Waals surface area contributed by atoms with Gasteiger partial charge in [-0.1, -0.05) is 0 Å². The summed E-state index contributed by atoms with van der Waals surface area (Å²) in [6.45, 7) is 6.19. The minimum absolute atomic E-state index is 0.201. The van der Waals surface area contributed by atoms with Crippen LogP contribution in [0.25, 0.3) is 0 Å². The molecule has 0 N–H and O–H groups in total. The maximum Gasteiger partial charge on any atom is 0.422 e. The molecular formula is C9H12F4N2. The molecule has 0 aliphatic heterocycles. The van der Waals surface area contributed by atoms with E-state index in [0.717, 1.165) is 4.68 Å². The minimum Gasteiger partial charge on any atom is -0.261 e. The molecule has 1 rings (SSSR count). The average molecular weight is 224 g/mol. The van der Waals surface area contributed by atoms with Crippen LogP contribution in [0.4, 0.5) is 17.6 Å². The first-order valence-electron chi connectivity index (χ1n) is 4.38. The number of hydrogen-bond donors (Lipinski definition) is 0. The molecule has 15 heavy (non-hydrogen) atoms. The van der Waals surface area contributed by atoms with Crippen molar-refractivity contribution in [2.24, 2.45) is 0 Å². The van der Waals surface area contributed by atoms with E-state index < -0.39 is 23.2 Å². The molecule has 1 aromatic rings. The van der Waals surface area contributed by atoms with Gasteiger partial charge in [-0.25, -0.2) is 0 Å².